The van der Waals surface area contributed by atoms with E-state index in [1.165, 1.54) is 30.6 Å². The average molecular weight is 297 g/mol. The predicted molar refractivity (Wildman–Crippen MR) is 91.3 cm³/mol. The van der Waals surface area contributed by atoms with Crippen molar-refractivity contribution in [2.75, 3.05) is 5.75 Å². The second-order valence-electron chi connectivity index (χ2n) is 6.97. The van der Waals surface area contributed by atoms with Crippen molar-refractivity contribution in [1.82, 2.24) is 0 Å². The van der Waals surface area contributed by atoms with E-state index in [2.05, 4.69) is 40.7 Å². The van der Waals surface area contributed by atoms with Crippen molar-refractivity contribution in [2.45, 2.75) is 78.4 Å². The molecule has 2 atom stereocenters. The Bertz CT molecular complexity index is 343. The maximum atomic E-state index is 12.7. The topological polar surface area (TPSA) is 17.1 Å². The lowest BCUT2D eigenvalue weighted by Crippen LogP contribution is -2.35. The maximum absolute atomic E-state index is 12.7. The van der Waals surface area contributed by atoms with Crippen LogP contribution in [0, 0.1) is 11.3 Å². The molecule has 116 valence electrons. The van der Waals surface area contributed by atoms with Crippen LogP contribution in [0.25, 0.3) is 0 Å². The molecule has 1 aliphatic carbocycles. The second kappa shape index (κ2) is 8.26. The van der Waals surface area contributed by atoms with E-state index >= 15 is 0 Å². The SMILES string of the molecule is CCCCCSC(C)CC(=O)C1C(C)=CCCC1(C)C. The van der Waals surface area contributed by atoms with Gasteiger partial charge in [-0.1, -0.05) is 52.2 Å². The maximum Gasteiger partial charge on any atom is 0.141 e. The van der Waals surface area contributed by atoms with Crippen LogP contribution in [0.2, 0.25) is 0 Å². The Balaban J connectivity index is 2.48. The third-order valence-electron chi connectivity index (χ3n) is 4.45. The molecule has 0 aromatic rings. The Hall–Kier alpha value is -0.240. The number of unbranched alkanes of at least 4 members (excludes halogenated alkanes) is 2. The van der Waals surface area contributed by atoms with Crippen LogP contribution in [0.1, 0.15) is 73.1 Å². The summed E-state index contributed by atoms with van der Waals surface area (Å²) in [7, 11) is 0. The number of carbonyl (C=O) groups is 1. The molecule has 0 spiro atoms. The fourth-order valence-electron chi connectivity index (χ4n) is 3.34. The Morgan fingerprint density at radius 3 is 2.75 bits per heavy atom. The van der Waals surface area contributed by atoms with Gasteiger partial charge in [0.1, 0.15) is 5.78 Å². The van der Waals surface area contributed by atoms with Crippen molar-refractivity contribution < 1.29 is 4.79 Å². The van der Waals surface area contributed by atoms with Gasteiger partial charge in [-0.05, 0) is 37.4 Å². The standard InChI is InChI=1S/C18H32OS/c1-6-7-8-12-20-15(3)13-16(19)17-14(2)10-9-11-18(17,4)5/h10,15,17H,6-9,11-13H2,1-5H3. The molecular formula is C18H32OS. The minimum absolute atomic E-state index is 0.141. The van der Waals surface area contributed by atoms with Gasteiger partial charge in [-0.2, -0.15) is 11.8 Å². The van der Waals surface area contributed by atoms with E-state index in [4.69, 9.17) is 0 Å². The molecule has 0 heterocycles. The number of ketones is 1. The summed E-state index contributed by atoms with van der Waals surface area (Å²) in [5.74, 6) is 1.81. The first-order valence-corrected chi connectivity index (χ1v) is 9.24. The molecular weight excluding hydrogens is 264 g/mol. The highest BCUT2D eigenvalue weighted by Crippen LogP contribution is 2.42. The molecule has 0 bridgehead atoms. The molecule has 20 heavy (non-hydrogen) atoms. The molecule has 1 nitrogen and oxygen atoms in total. The Kier molecular flexibility index (Phi) is 7.36. The third-order valence-corrected chi connectivity index (χ3v) is 5.71. The largest absolute Gasteiger partial charge is 0.299 e. The van der Waals surface area contributed by atoms with E-state index in [1.54, 1.807) is 0 Å². The molecule has 0 aromatic heterocycles. The highest BCUT2D eigenvalue weighted by atomic mass is 32.2. The molecule has 0 saturated heterocycles. The van der Waals surface area contributed by atoms with E-state index < -0.39 is 0 Å². The average Bonchev–Trinajstić information content (AvgIpc) is 2.33. The first kappa shape index (κ1) is 17.8. The van der Waals surface area contributed by atoms with Gasteiger partial charge in [0.05, 0.1) is 0 Å². The van der Waals surface area contributed by atoms with Crippen molar-refractivity contribution in [3.05, 3.63) is 11.6 Å². The van der Waals surface area contributed by atoms with Gasteiger partial charge < -0.3 is 0 Å². The van der Waals surface area contributed by atoms with Gasteiger partial charge in [-0.3, -0.25) is 4.79 Å². The van der Waals surface area contributed by atoms with Crippen molar-refractivity contribution >= 4 is 17.5 Å². The van der Waals surface area contributed by atoms with Gasteiger partial charge in [0.15, 0.2) is 0 Å². The lowest BCUT2D eigenvalue weighted by Gasteiger charge is -2.37. The van der Waals surface area contributed by atoms with Gasteiger partial charge >= 0.3 is 0 Å². The molecule has 2 heteroatoms. The van der Waals surface area contributed by atoms with Crippen LogP contribution in [0.15, 0.2) is 11.6 Å². The summed E-state index contributed by atoms with van der Waals surface area (Å²) in [6.07, 6.45) is 9.14. The number of Topliss-reactive ketones (excluding diaryl/α,β-unsaturated/α-hetero) is 1. The van der Waals surface area contributed by atoms with Crippen molar-refractivity contribution in [1.29, 1.82) is 0 Å². The van der Waals surface area contributed by atoms with Crippen molar-refractivity contribution in [2.24, 2.45) is 11.3 Å². The number of carbonyl (C=O) groups excluding carboxylic acids is 1. The molecule has 0 fully saturated rings. The fraction of sp³-hybridized carbons (Fsp3) is 0.833. The summed E-state index contributed by atoms with van der Waals surface area (Å²) < 4.78 is 0. The summed E-state index contributed by atoms with van der Waals surface area (Å²) in [6.45, 7) is 11.1. The molecule has 0 N–H and O–H groups in total. The number of allylic oxidation sites excluding steroid dienone is 2. The predicted octanol–water partition coefficient (Wildman–Crippen LogP) is 5.64. The molecule has 0 amide bonds. The summed E-state index contributed by atoms with van der Waals surface area (Å²) >= 11 is 1.97. The van der Waals surface area contributed by atoms with Gasteiger partial charge in [-0.15, -0.1) is 0 Å². The van der Waals surface area contributed by atoms with Crippen LogP contribution in [-0.2, 0) is 4.79 Å². The zero-order valence-electron chi connectivity index (χ0n) is 14.0. The molecule has 1 aliphatic rings. The summed E-state index contributed by atoms with van der Waals surface area (Å²) in [6, 6.07) is 0. The summed E-state index contributed by atoms with van der Waals surface area (Å²) in [5.41, 5.74) is 1.44. The highest BCUT2D eigenvalue weighted by molar-refractivity contribution is 7.99. The molecule has 0 saturated carbocycles. The Morgan fingerprint density at radius 2 is 2.15 bits per heavy atom. The Morgan fingerprint density at radius 1 is 1.45 bits per heavy atom. The molecule has 0 aromatic carbocycles. The lowest BCUT2D eigenvalue weighted by molar-refractivity contribution is -0.125. The van der Waals surface area contributed by atoms with Gasteiger partial charge in [0, 0.05) is 17.6 Å². The Labute approximate surface area is 130 Å². The minimum Gasteiger partial charge on any atom is -0.299 e. The monoisotopic (exact) mass is 296 g/mol. The van der Waals surface area contributed by atoms with E-state index in [9.17, 15) is 4.79 Å². The zero-order valence-corrected chi connectivity index (χ0v) is 14.8. The number of hydrogen-bond acceptors (Lipinski definition) is 2. The minimum atomic E-state index is 0.141. The first-order valence-electron chi connectivity index (χ1n) is 8.19. The molecule has 2 unspecified atom stereocenters. The van der Waals surface area contributed by atoms with Crippen LogP contribution in [0.4, 0.5) is 0 Å². The number of hydrogen-bond donors (Lipinski definition) is 0. The highest BCUT2D eigenvalue weighted by Gasteiger charge is 2.37. The van der Waals surface area contributed by atoms with Crippen molar-refractivity contribution in [3.63, 3.8) is 0 Å². The number of thioether (sulfide) groups is 1. The van der Waals surface area contributed by atoms with Crippen LogP contribution in [0.5, 0.6) is 0 Å². The van der Waals surface area contributed by atoms with Gasteiger partial charge in [0.2, 0.25) is 0 Å². The third kappa shape index (κ3) is 5.27. The fourth-order valence-corrected chi connectivity index (χ4v) is 4.39. The van der Waals surface area contributed by atoms with Crippen LogP contribution in [-0.4, -0.2) is 16.8 Å². The van der Waals surface area contributed by atoms with Gasteiger partial charge in [0.25, 0.3) is 0 Å². The summed E-state index contributed by atoms with van der Waals surface area (Å²) in [4.78, 5) is 12.7. The lowest BCUT2D eigenvalue weighted by atomic mass is 9.66. The quantitative estimate of drug-likeness (QED) is 0.426. The zero-order chi connectivity index (χ0) is 15.2. The summed E-state index contributed by atoms with van der Waals surface area (Å²) in [5, 5.41) is 0.463. The molecule has 0 aliphatic heterocycles. The van der Waals surface area contributed by atoms with E-state index in [0.717, 1.165) is 19.3 Å². The number of rotatable bonds is 8. The second-order valence-corrected chi connectivity index (χ2v) is 8.51. The molecule has 0 radical (unpaired) electrons. The normalized spacial score (nSPS) is 23.2. The van der Waals surface area contributed by atoms with E-state index in [-0.39, 0.29) is 11.3 Å². The van der Waals surface area contributed by atoms with Crippen LogP contribution in [0.3, 0.4) is 0 Å². The smallest absolute Gasteiger partial charge is 0.141 e. The van der Waals surface area contributed by atoms with Gasteiger partial charge in [-0.25, -0.2) is 0 Å². The van der Waals surface area contributed by atoms with Crippen LogP contribution < -0.4 is 0 Å². The molecule has 1 rings (SSSR count). The first-order chi connectivity index (χ1) is 9.38. The van der Waals surface area contributed by atoms with E-state index in [1.807, 2.05) is 11.8 Å². The van der Waals surface area contributed by atoms with Crippen LogP contribution >= 0.6 is 11.8 Å². The van der Waals surface area contributed by atoms with E-state index in [0.29, 0.717) is 11.0 Å². The van der Waals surface area contributed by atoms with Crippen molar-refractivity contribution in [3.8, 4) is 0 Å².